The molecule has 0 spiro atoms. The van der Waals surface area contributed by atoms with Crippen molar-refractivity contribution in [2.75, 3.05) is 6.61 Å². The predicted molar refractivity (Wildman–Crippen MR) is 129 cm³/mol. The van der Waals surface area contributed by atoms with E-state index in [-0.39, 0.29) is 34.7 Å². The summed E-state index contributed by atoms with van der Waals surface area (Å²) in [6, 6.07) is 4.57. The summed E-state index contributed by atoms with van der Waals surface area (Å²) >= 11 is 0. The van der Waals surface area contributed by atoms with Crippen LogP contribution in [0.3, 0.4) is 0 Å². The SMILES string of the molecule is CC(=O)N[C@]12CCO[C@@H](c3cc4c(cc3C)n(C)c(=O)n4C)[C@@H]1CC1CC2[C@@H](C)NC1(C)C. The average molecular weight is 455 g/mol. The normalized spacial score (nSPS) is 35.3. The minimum Gasteiger partial charge on any atom is -0.373 e. The van der Waals surface area contributed by atoms with Crippen LogP contribution in [0.1, 0.15) is 64.2 Å². The minimum atomic E-state index is -0.294. The van der Waals surface area contributed by atoms with Gasteiger partial charge in [-0.15, -0.1) is 0 Å². The summed E-state index contributed by atoms with van der Waals surface area (Å²) in [5.41, 5.74) is 3.87. The number of nitrogens with zero attached hydrogens (tertiary/aromatic N) is 2. The molecule has 1 aromatic carbocycles. The number of amides is 1. The van der Waals surface area contributed by atoms with E-state index in [2.05, 4.69) is 50.5 Å². The molecule has 2 unspecified atom stereocenters. The van der Waals surface area contributed by atoms with Crippen molar-refractivity contribution in [3.63, 3.8) is 0 Å². The lowest BCUT2D eigenvalue weighted by Crippen LogP contribution is -2.73. The van der Waals surface area contributed by atoms with Crippen LogP contribution in [0.15, 0.2) is 16.9 Å². The largest absolute Gasteiger partial charge is 0.373 e. The fourth-order valence-corrected chi connectivity index (χ4v) is 7.54. The van der Waals surface area contributed by atoms with Crippen molar-refractivity contribution in [3.05, 3.63) is 33.7 Å². The number of piperidine rings is 1. The molecule has 7 nitrogen and oxygen atoms in total. The Bertz CT molecular complexity index is 1180. The third-order valence-corrected chi connectivity index (χ3v) is 9.18. The lowest BCUT2D eigenvalue weighted by molar-refractivity contribution is -0.160. The zero-order chi connectivity index (χ0) is 23.9. The lowest BCUT2D eigenvalue weighted by atomic mass is 9.52. The number of hydrogen-bond donors (Lipinski definition) is 2. The summed E-state index contributed by atoms with van der Waals surface area (Å²) in [6.07, 6.45) is 2.84. The van der Waals surface area contributed by atoms with Crippen LogP contribution in [0, 0.1) is 24.7 Å². The standard InChI is InChI=1S/C26H38N4O3/c1-14-10-21-22(30(7)24(32)29(21)6)13-18(14)23-20-12-17-11-19(15(2)27-25(17,4)5)26(20,8-9-33-23)28-16(3)31/h10,13,15,17,19-20,23,27H,8-9,11-12H2,1-7H3,(H,28,31)/t15-,17?,19?,20+,23+,26+/m1/s1. The molecule has 3 heterocycles. The third-order valence-electron chi connectivity index (χ3n) is 9.18. The number of fused-ring (bicyclic) bond motifs is 5. The molecule has 2 bridgehead atoms. The zero-order valence-corrected chi connectivity index (χ0v) is 21.0. The number of carbonyl (C=O) groups is 1. The van der Waals surface area contributed by atoms with E-state index in [1.807, 2.05) is 14.1 Å². The quantitative estimate of drug-likeness (QED) is 0.732. The monoisotopic (exact) mass is 454 g/mol. The fraction of sp³-hybridized carbons (Fsp3) is 0.692. The second kappa shape index (κ2) is 7.44. The Morgan fingerprint density at radius 2 is 1.79 bits per heavy atom. The lowest BCUT2D eigenvalue weighted by Gasteiger charge is -2.63. The summed E-state index contributed by atoms with van der Waals surface area (Å²) in [6.45, 7) is 11.3. The smallest absolute Gasteiger partial charge is 0.328 e. The van der Waals surface area contributed by atoms with Gasteiger partial charge < -0.3 is 15.4 Å². The van der Waals surface area contributed by atoms with Gasteiger partial charge in [0, 0.05) is 45.1 Å². The first-order valence-electron chi connectivity index (χ1n) is 12.3. The Labute approximate surface area is 195 Å². The zero-order valence-electron chi connectivity index (χ0n) is 21.0. The van der Waals surface area contributed by atoms with Gasteiger partial charge in [-0.1, -0.05) is 0 Å². The Morgan fingerprint density at radius 3 is 2.45 bits per heavy atom. The topological polar surface area (TPSA) is 77.3 Å². The molecule has 0 radical (unpaired) electrons. The molecule has 1 aromatic heterocycles. The van der Waals surface area contributed by atoms with Gasteiger partial charge >= 0.3 is 5.69 Å². The fourth-order valence-electron chi connectivity index (χ4n) is 7.54. The maximum Gasteiger partial charge on any atom is 0.328 e. The van der Waals surface area contributed by atoms with Gasteiger partial charge in [-0.05, 0) is 82.1 Å². The van der Waals surface area contributed by atoms with Crippen molar-refractivity contribution >= 4 is 16.9 Å². The maximum absolute atomic E-state index is 12.6. The van der Waals surface area contributed by atoms with E-state index >= 15 is 0 Å². The summed E-state index contributed by atoms with van der Waals surface area (Å²) in [4.78, 5) is 25.1. The molecule has 3 aliphatic rings. The van der Waals surface area contributed by atoms with Gasteiger partial charge in [0.15, 0.2) is 0 Å². The van der Waals surface area contributed by atoms with Gasteiger partial charge in [0.2, 0.25) is 5.91 Å². The van der Waals surface area contributed by atoms with Crippen LogP contribution in [0.5, 0.6) is 0 Å². The van der Waals surface area contributed by atoms with Gasteiger partial charge in [0.1, 0.15) is 0 Å². The summed E-state index contributed by atoms with van der Waals surface area (Å²) in [5, 5.41) is 7.34. The molecule has 33 heavy (non-hydrogen) atoms. The molecule has 2 aromatic rings. The first kappa shape index (κ1) is 22.7. The van der Waals surface area contributed by atoms with Crippen molar-refractivity contribution in [2.24, 2.45) is 31.8 Å². The van der Waals surface area contributed by atoms with Gasteiger partial charge in [0.25, 0.3) is 0 Å². The molecule has 7 heteroatoms. The highest BCUT2D eigenvalue weighted by molar-refractivity contribution is 5.78. The van der Waals surface area contributed by atoms with E-state index in [1.165, 1.54) is 0 Å². The van der Waals surface area contributed by atoms with E-state index in [0.717, 1.165) is 41.4 Å². The Morgan fingerprint density at radius 1 is 1.15 bits per heavy atom. The molecule has 1 saturated carbocycles. The molecule has 180 valence electrons. The van der Waals surface area contributed by atoms with E-state index in [4.69, 9.17) is 4.74 Å². The molecule has 6 atom stereocenters. The number of ether oxygens (including phenoxy) is 1. The first-order chi connectivity index (χ1) is 15.5. The number of hydrogen-bond acceptors (Lipinski definition) is 4. The van der Waals surface area contributed by atoms with E-state index in [1.54, 1.807) is 16.1 Å². The number of aromatic nitrogens is 2. The Hall–Kier alpha value is -2.12. The van der Waals surface area contributed by atoms with Crippen molar-refractivity contribution in [1.82, 2.24) is 19.8 Å². The van der Waals surface area contributed by atoms with Gasteiger partial charge in [0.05, 0.1) is 22.7 Å². The van der Waals surface area contributed by atoms with Crippen molar-refractivity contribution < 1.29 is 9.53 Å². The summed E-state index contributed by atoms with van der Waals surface area (Å²) < 4.78 is 9.97. The molecule has 2 saturated heterocycles. The van der Waals surface area contributed by atoms with Crippen LogP contribution in [0.25, 0.3) is 11.0 Å². The summed E-state index contributed by atoms with van der Waals surface area (Å²) in [7, 11) is 3.65. The van der Waals surface area contributed by atoms with Gasteiger partial charge in [-0.2, -0.15) is 0 Å². The second-order valence-corrected chi connectivity index (χ2v) is 11.4. The van der Waals surface area contributed by atoms with Crippen molar-refractivity contribution in [3.8, 4) is 0 Å². The van der Waals surface area contributed by atoms with E-state index in [9.17, 15) is 9.59 Å². The van der Waals surface area contributed by atoms with E-state index in [0.29, 0.717) is 24.5 Å². The van der Waals surface area contributed by atoms with E-state index < -0.39 is 0 Å². The number of benzene rings is 1. The van der Waals surface area contributed by atoms with Gasteiger partial charge in [-0.25, -0.2) is 4.79 Å². The van der Waals surface area contributed by atoms with Crippen LogP contribution < -0.4 is 16.3 Å². The number of nitrogens with one attached hydrogen (secondary N) is 2. The molecule has 5 rings (SSSR count). The Balaban J connectivity index is 1.66. The van der Waals surface area contributed by atoms with Crippen LogP contribution in [-0.4, -0.2) is 38.8 Å². The van der Waals surface area contributed by atoms with Crippen LogP contribution >= 0.6 is 0 Å². The molecule has 3 fully saturated rings. The minimum absolute atomic E-state index is 0.0208. The highest BCUT2D eigenvalue weighted by Crippen LogP contribution is 2.57. The highest BCUT2D eigenvalue weighted by atomic mass is 16.5. The van der Waals surface area contributed by atoms with Crippen LogP contribution in [-0.2, 0) is 23.6 Å². The highest BCUT2D eigenvalue weighted by Gasteiger charge is 2.61. The average Bonchev–Trinajstić information content (AvgIpc) is 2.93. The second-order valence-electron chi connectivity index (χ2n) is 11.4. The number of rotatable bonds is 2. The van der Waals surface area contributed by atoms with Crippen LogP contribution in [0.2, 0.25) is 0 Å². The third kappa shape index (κ3) is 3.22. The summed E-state index contributed by atoms with van der Waals surface area (Å²) in [5.74, 6) is 1.09. The molecular weight excluding hydrogens is 416 g/mol. The number of carbonyl (C=O) groups excluding carboxylic acids is 1. The van der Waals surface area contributed by atoms with Crippen LogP contribution in [0.4, 0.5) is 0 Å². The Kier molecular flexibility index (Phi) is 5.11. The molecule has 1 amide bonds. The molecule has 2 aliphatic heterocycles. The molecular formula is C26H38N4O3. The molecule has 1 aliphatic carbocycles. The first-order valence-corrected chi connectivity index (χ1v) is 12.3. The predicted octanol–water partition coefficient (Wildman–Crippen LogP) is 2.93. The molecule has 2 N–H and O–H groups in total. The maximum atomic E-state index is 12.6. The number of aryl methyl sites for hydroxylation is 3. The van der Waals surface area contributed by atoms with Crippen molar-refractivity contribution in [2.45, 2.75) is 77.1 Å². The van der Waals surface area contributed by atoms with Crippen molar-refractivity contribution in [1.29, 1.82) is 0 Å². The number of imidazole rings is 1. The van der Waals surface area contributed by atoms with Gasteiger partial charge in [-0.3, -0.25) is 13.9 Å².